The van der Waals surface area contributed by atoms with Gasteiger partial charge in [0.2, 0.25) is 17.6 Å². The van der Waals surface area contributed by atoms with Crippen molar-refractivity contribution in [2.24, 2.45) is 5.92 Å². The number of thiazole rings is 1. The van der Waals surface area contributed by atoms with Crippen molar-refractivity contribution in [1.82, 2.24) is 25.1 Å². The van der Waals surface area contributed by atoms with Crippen LogP contribution in [0.5, 0.6) is 5.75 Å². The topological polar surface area (TPSA) is 181 Å². The average molecular weight is 982 g/mol. The molecule has 1 aliphatic heterocycles. The van der Waals surface area contributed by atoms with Crippen molar-refractivity contribution in [3.8, 4) is 29.0 Å². The maximum Gasteiger partial charge on any atom is 0.246 e. The van der Waals surface area contributed by atoms with Gasteiger partial charge < -0.3 is 39.0 Å². The number of likely N-dealkylation sites (tertiary alicyclic amines) is 1. The van der Waals surface area contributed by atoms with Crippen molar-refractivity contribution in [2.45, 2.75) is 103 Å². The number of carbonyl (C=O) groups excluding carboxylic acids is 3. The smallest absolute Gasteiger partial charge is 0.246 e. The van der Waals surface area contributed by atoms with Gasteiger partial charge >= 0.3 is 0 Å². The molecular weight excluding hydrogens is 915 g/mol. The van der Waals surface area contributed by atoms with Gasteiger partial charge in [-0.1, -0.05) is 67.8 Å². The van der Waals surface area contributed by atoms with Crippen LogP contribution >= 0.6 is 11.3 Å². The number of nitrogens with one attached hydrogen (secondary N) is 2. The molecule has 1 aliphatic carbocycles. The van der Waals surface area contributed by atoms with Crippen LogP contribution < -0.4 is 15.4 Å². The number of amides is 2. The summed E-state index contributed by atoms with van der Waals surface area (Å²) in [5, 5.41) is 27.8. The fraction of sp³-hybridized carbons (Fsp3) is 0.464. The molecule has 3 heterocycles. The maximum atomic E-state index is 14.2. The van der Waals surface area contributed by atoms with Gasteiger partial charge in [0.15, 0.2) is 0 Å². The van der Waals surface area contributed by atoms with Crippen LogP contribution in [0.3, 0.4) is 0 Å². The van der Waals surface area contributed by atoms with E-state index in [1.165, 1.54) is 16.9 Å². The second kappa shape index (κ2) is 26.3. The summed E-state index contributed by atoms with van der Waals surface area (Å²) in [4.78, 5) is 47.4. The molecule has 2 aromatic heterocycles. The number of benzene rings is 3. The third-order valence-corrected chi connectivity index (χ3v) is 14.7. The normalized spacial score (nSPS) is 15.7. The first kappa shape index (κ1) is 52.6. The lowest BCUT2D eigenvalue weighted by Crippen LogP contribution is -2.55. The Morgan fingerprint density at radius 3 is 2.20 bits per heavy atom. The molecule has 2 amide bonds. The second-order valence-electron chi connectivity index (χ2n) is 18.4. The maximum absolute atomic E-state index is 14.2. The number of ketones is 1. The van der Waals surface area contributed by atoms with Crippen LogP contribution in [-0.2, 0) is 36.8 Å². The number of nitrogens with zero attached hydrogens (tertiary/aromatic N) is 5. The molecule has 374 valence electrons. The highest BCUT2D eigenvalue weighted by molar-refractivity contribution is 7.10. The van der Waals surface area contributed by atoms with Gasteiger partial charge in [0.25, 0.3) is 0 Å². The lowest BCUT2D eigenvalue weighted by Gasteiger charge is -2.35. The molecule has 2 aliphatic rings. The minimum Gasteiger partial charge on any atom is -0.491 e. The number of rotatable bonds is 25. The molecule has 0 bridgehead atoms. The van der Waals surface area contributed by atoms with E-state index in [1.54, 1.807) is 55.7 Å². The van der Waals surface area contributed by atoms with Crippen LogP contribution in [0.15, 0.2) is 78.2 Å². The summed E-state index contributed by atoms with van der Waals surface area (Å²) in [5.41, 5.74) is 8.26. The minimum absolute atomic E-state index is 0.0558. The predicted molar refractivity (Wildman–Crippen MR) is 273 cm³/mol. The number of aryl methyl sites for hydroxylation is 1. The number of ether oxygens (including phenoxy) is 4. The lowest BCUT2D eigenvalue weighted by atomic mass is 9.83. The minimum atomic E-state index is -0.578. The first-order valence-electron chi connectivity index (χ1n) is 25.0. The molecule has 71 heavy (non-hydrogen) atoms. The van der Waals surface area contributed by atoms with Crippen molar-refractivity contribution in [2.75, 3.05) is 59.8 Å². The molecule has 5 aromatic rings. The number of hydrogen-bond acceptors (Lipinski definition) is 12. The summed E-state index contributed by atoms with van der Waals surface area (Å²) in [7, 11) is 1.74. The summed E-state index contributed by atoms with van der Waals surface area (Å²) >= 11 is 1.40. The Morgan fingerprint density at radius 2 is 1.51 bits per heavy atom. The molecular formula is C56H67N7O7S. The van der Waals surface area contributed by atoms with Crippen molar-refractivity contribution in [3.05, 3.63) is 128 Å². The van der Waals surface area contributed by atoms with E-state index in [-0.39, 0.29) is 29.6 Å². The van der Waals surface area contributed by atoms with E-state index in [2.05, 4.69) is 51.6 Å². The van der Waals surface area contributed by atoms with Crippen LogP contribution in [-0.4, -0.2) is 104 Å². The summed E-state index contributed by atoms with van der Waals surface area (Å²) in [6.07, 6.45) is 8.48. The van der Waals surface area contributed by atoms with Crippen molar-refractivity contribution < 1.29 is 33.3 Å². The molecule has 15 heteroatoms. The molecule has 1 saturated carbocycles. The summed E-state index contributed by atoms with van der Waals surface area (Å²) in [5.74, 6) is 0.215. The monoisotopic (exact) mass is 981 g/mol. The van der Waals surface area contributed by atoms with Crippen LogP contribution in [0.1, 0.15) is 119 Å². The number of hydrogen-bond donors (Lipinski definition) is 2. The molecule has 1 saturated heterocycles. The molecule has 14 nitrogen and oxygen atoms in total. The fourth-order valence-electron chi connectivity index (χ4n) is 9.60. The number of likely N-dealkylation sites (N-methyl/N-ethyl adjacent to an activating group) is 1. The van der Waals surface area contributed by atoms with Gasteiger partial charge in [-0.15, -0.1) is 11.3 Å². The fourth-order valence-corrected chi connectivity index (χ4v) is 10.5. The van der Waals surface area contributed by atoms with E-state index in [4.69, 9.17) is 23.9 Å². The highest BCUT2D eigenvalue weighted by Gasteiger charge is 2.40. The zero-order chi connectivity index (χ0) is 50.1. The van der Waals surface area contributed by atoms with Crippen LogP contribution in [0.2, 0.25) is 0 Å². The van der Waals surface area contributed by atoms with Crippen LogP contribution in [0.4, 0.5) is 0 Å². The first-order chi connectivity index (χ1) is 34.6. The predicted octanol–water partition coefficient (Wildman–Crippen LogP) is 8.65. The number of aromatic nitrogens is 2. The van der Waals surface area contributed by atoms with E-state index in [9.17, 15) is 24.9 Å². The zero-order valence-corrected chi connectivity index (χ0v) is 42.4. The zero-order valence-electron chi connectivity index (χ0n) is 41.5. The summed E-state index contributed by atoms with van der Waals surface area (Å²) < 4.78 is 25.3. The second-order valence-corrected chi connectivity index (χ2v) is 19.3. The Balaban J connectivity index is 0.760. The Bertz CT molecular complexity index is 2640. The molecule has 0 radical (unpaired) electrons. The summed E-state index contributed by atoms with van der Waals surface area (Å²) in [6, 6.07) is 26.4. The third-order valence-electron chi connectivity index (χ3n) is 13.7. The molecule has 3 aromatic carbocycles. The van der Waals surface area contributed by atoms with E-state index >= 15 is 0 Å². The van der Waals surface area contributed by atoms with Crippen LogP contribution in [0, 0.1) is 42.4 Å². The van der Waals surface area contributed by atoms with Crippen molar-refractivity contribution >= 4 is 28.9 Å². The van der Waals surface area contributed by atoms with E-state index in [0.717, 1.165) is 90.9 Å². The first-order valence-corrected chi connectivity index (χ1v) is 25.9. The highest BCUT2D eigenvalue weighted by Crippen LogP contribution is 2.37. The van der Waals surface area contributed by atoms with Gasteiger partial charge in [-0.05, 0) is 113 Å². The van der Waals surface area contributed by atoms with E-state index < -0.39 is 12.1 Å². The van der Waals surface area contributed by atoms with Gasteiger partial charge in [-0.2, -0.15) is 10.5 Å². The van der Waals surface area contributed by atoms with Gasteiger partial charge in [0.1, 0.15) is 35.2 Å². The largest absolute Gasteiger partial charge is 0.491 e. The Kier molecular flexibility index (Phi) is 19.5. The Labute approximate surface area is 422 Å². The van der Waals surface area contributed by atoms with E-state index in [1.807, 2.05) is 30.9 Å². The Hall–Kier alpha value is -6.20. The molecule has 7 rings (SSSR count). The van der Waals surface area contributed by atoms with Gasteiger partial charge in [0, 0.05) is 47.6 Å². The van der Waals surface area contributed by atoms with Crippen molar-refractivity contribution in [3.63, 3.8) is 0 Å². The molecule has 3 atom stereocenters. The van der Waals surface area contributed by atoms with E-state index in [0.29, 0.717) is 87.5 Å². The lowest BCUT2D eigenvalue weighted by molar-refractivity contribution is -0.139. The average Bonchev–Trinajstić information content (AvgIpc) is 4.16. The quantitative estimate of drug-likeness (QED) is 0.0422. The van der Waals surface area contributed by atoms with Gasteiger partial charge in [0.05, 0.1) is 62.3 Å². The molecule has 0 unspecified atom stereocenters. The number of nitriles is 2. The molecule has 2 fully saturated rings. The standard InChI is InChI=1S/C56H67N7O7S/c1-38(59-4)54(65)61-52(45-12-6-5-7-13-45)56(66)62-25-9-16-50(62)55-60-49(37-71-55)53(64)46-14-8-15-47(33-46)70-32-31-69-30-29-68-28-27-67-26-10-11-41-17-19-43(20-18-41)36-63-39(2)48(35-58)51(40(63)3)44-23-21-42(34-57)22-24-44/h8,14-15,17-24,33,37-38,45,50,52,59H,5-7,9-13,16,25-32,36H2,1-4H3,(H,61,65)/t38-,50-,52-/m0/s1. The summed E-state index contributed by atoms with van der Waals surface area (Å²) in [6.45, 7) is 10.2. The third kappa shape index (κ3) is 13.8. The molecule has 0 spiro atoms. The number of carbonyl (C=O) groups is 3. The van der Waals surface area contributed by atoms with Gasteiger partial charge in [-0.25, -0.2) is 4.98 Å². The Morgan fingerprint density at radius 1 is 0.817 bits per heavy atom. The van der Waals surface area contributed by atoms with Crippen molar-refractivity contribution in [1.29, 1.82) is 10.5 Å². The SMILES string of the molecule is CN[C@@H](C)C(=O)N[C@H](C(=O)N1CCC[C@H]1c1nc(C(=O)c2cccc(OCCOCCOCCOCCCc3ccc(Cn4c(C)c(C#N)c(-c5ccc(C#N)cc5)c4C)cc3)c2)cs1)C1CCCCC1. The highest BCUT2D eigenvalue weighted by atomic mass is 32.1. The van der Waals surface area contributed by atoms with Gasteiger partial charge in [-0.3, -0.25) is 14.4 Å². The van der Waals surface area contributed by atoms with Crippen LogP contribution in [0.25, 0.3) is 11.1 Å². The molecule has 2 N–H and O–H groups in total.